The van der Waals surface area contributed by atoms with Gasteiger partial charge < -0.3 is 10.1 Å². The Labute approximate surface area is 182 Å². The van der Waals surface area contributed by atoms with Crippen LogP contribution in [0.25, 0.3) is 10.2 Å². The van der Waals surface area contributed by atoms with Gasteiger partial charge in [-0.3, -0.25) is 14.2 Å². The highest BCUT2D eigenvalue weighted by Gasteiger charge is 2.17. The van der Waals surface area contributed by atoms with Crippen LogP contribution in [0.3, 0.4) is 0 Å². The summed E-state index contributed by atoms with van der Waals surface area (Å²) in [6, 6.07) is 5.58. The van der Waals surface area contributed by atoms with E-state index in [9.17, 15) is 14.0 Å². The molecule has 1 aromatic carbocycles. The topological polar surface area (TPSA) is 73.2 Å². The molecule has 2 aromatic heterocycles. The molecule has 0 saturated carbocycles. The number of ether oxygens (including phenoxy) is 1. The number of carbonyl (C=O) groups excluding carboxylic acids is 1. The summed E-state index contributed by atoms with van der Waals surface area (Å²) in [7, 11) is 0. The average Bonchev–Trinajstić information content (AvgIpc) is 3.00. The zero-order valence-corrected chi connectivity index (χ0v) is 18.8. The number of amides is 1. The summed E-state index contributed by atoms with van der Waals surface area (Å²) in [6.45, 7) is 7.49. The third-order valence-corrected chi connectivity index (χ3v) is 6.67. The molecule has 2 heterocycles. The molecule has 0 aliphatic heterocycles. The Morgan fingerprint density at radius 1 is 1.30 bits per heavy atom. The second-order valence-corrected chi connectivity index (χ2v) is 8.85. The number of fused-ring (bicyclic) bond motifs is 1. The fourth-order valence-electron chi connectivity index (χ4n) is 2.95. The molecule has 1 N–H and O–H groups in total. The summed E-state index contributed by atoms with van der Waals surface area (Å²) in [6.07, 6.45) is 0.679. The number of hydrogen-bond acceptors (Lipinski definition) is 6. The van der Waals surface area contributed by atoms with Crippen LogP contribution in [0.2, 0.25) is 0 Å². The Kier molecular flexibility index (Phi) is 7.63. The molecule has 6 nitrogen and oxygen atoms in total. The third kappa shape index (κ3) is 5.27. The van der Waals surface area contributed by atoms with Crippen LogP contribution in [0.4, 0.5) is 10.1 Å². The van der Waals surface area contributed by atoms with Gasteiger partial charge in [-0.05, 0) is 57.0 Å². The first kappa shape index (κ1) is 22.5. The van der Waals surface area contributed by atoms with E-state index >= 15 is 0 Å². The van der Waals surface area contributed by atoms with Crippen LogP contribution in [0, 0.1) is 19.7 Å². The second kappa shape index (κ2) is 10.2. The molecule has 0 aliphatic rings. The van der Waals surface area contributed by atoms with Crippen molar-refractivity contribution in [2.75, 3.05) is 24.3 Å². The van der Waals surface area contributed by atoms with Crippen molar-refractivity contribution in [3.8, 4) is 0 Å². The van der Waals surface area contributed by atoms with Gasteiger partial charge in [0.15, 0.2) is 5.16 Å². The Hall–Kier alpha value is -2.23. The van der Waals surface area contributed by atoms with E-state index in [1.807, 2.05) is 20.8 Å². The standard InChI is InChI=1S/C21H24FN3O3S2/c1-4-28-11-5-10-25-20(27)18-13(2)14(3)30-19(18)24-21(25)29-12-17(26)23-16-8-6-15(22)7-9-16/h6-9H,4-5,10-12H2,1-3H3,(H,23,26). The van der Waals surface area contributed by atoms with Crippen molar-refractivity contribution in [3.05, 3.63) is 50.9 Å². The van der Waals surface area contributed by atoms with Crippen molar-refractivity contribution in [1.29, 1.82) is 0 Å². The van der Waals surface area contributed by atoms with E-state index in [0.717, 1.165) is 10.4 Å². The molecular weight excluding hydrogens is 425 g/mol. The molecule has 160 valence electrons. The zero-order valence-electron chi connectivity index (χ0n) is 17.2. The van der Waals surface area contributed by atoms with Gasteiger partial charge in [-0.1, -0.05) is 11.8 Å². The maximum absolute atomic E-state index is 13.2. The molecule has 1 amide bonds. The number of nitrogens with zero attached hydrogens (tertiary/aromatic N) is 2. The molecule has 0 unspecified atom stereocenters. The van der Waals surface area contributed by atoms with Crippen LogP contribution in [0.1, 0.15) is 23.8 Å². The van der Waals surface area contributed by atoms with Gasteiger partial charge in [0.1, 0.15) is 10.6 Å². The van der Waals surface area contributed by atoms with Crippen LogP contribution in [-0.4, -0.2) is 34.4 Å². The molecule has 3 aromatic rings. The average molecular weight is 450 g/mol. The predicted octanol–water partition coefficient (Wildman–Crippen LogP) is 4.37. The minimum atomic E-state index is -0.363. The summed E-state index contributed by atoms with van der Waals surface area (Å²) < 4.78 is 20.0. The summed E-state index contributed by atoms with van der Waals surface area (Å²) in [5, 5.41) is 3.89. The number of aryl methyl sites for hydroxylation is 2. The van der Waals surface area contributed by atoms with Crippen LogP contribution in [0.5, 0.6) is 0 Å². The molecule has 0 spiro atoms. The first-order valence-corrected chi connectivity index (χ1v) is 11.5. The highest BCUT2D eigenvalue weighted by Crippen LogP contribution is 2.28. The van der Waals surface area contributed by atoms with Crippen molar-refractivity contribution in [2.24, 2.45) is 0 Å². The van der Waals surface area contributed by atoms with Crippen molar-refractivity contribution in [1.82, 2.24) is 9.55 Å². The number of hydrogen-bond donors (Lipinski definition) is 1. The van der Waals surface area contributed by atoms with Crippen LogP contribution in [0.15, 0.2) is 34.2 Å². The molecule has 3 rings (SSSR count). The second-order valence-electron chi connectivity index (χ2n) is 6.71. The Morgan fingerprint density at radius 2 is 2.03 bits per heavy atom. The normalized spacial score (nSPS) is 11.2. The third-order valence-electron chi connectivity index (χ3n) is 4.59. The highest BCUT2D eigenvalue weighted by atomic mass is 32.2. The van der Waals surface area contributed by atoms with Crippen molar-refractivity contribution in [3.63, 3.8) is 0 Å². The molecule has 0 bridgehead atoms. The lowest BCUT2D eigenvalue weighted by Crippen LogP contribution is -2.25. The number of thioether (sulfide) groups is 1. The van der Waals surface area contributed by atoms with Gasteiger partial charge in [0.05, 0.1) is 11.1 Å². The number of benzene rings is 1. The van der Waals surface area contributed by atoms with E-state index in [0.29, 0.717) is 47.2 Å². The van der Waals surface area contributed by atoms with Crippen LogP contribution in [-0.2, 0) is 16.1 Å². The minimum absolute atomic E-state index is 0.0835. The summed E-state index contributed by atoms with van der Waals surface area (Å²) in [5.41, 5.74) is 1.39. The van der Waals surface area contributed by atoms with E-state index < -0.39 is 0 Å². The van der Waals surface area contributed by atoms with Crippen molar-refractivity contribution >= 4 is 44.9 Å². The lowest BCUT2D eigenvalue weighted by atomic mass is 10.2. The molecule has 0 fully saturated rings. The molecule has 0 radical (unpaired) electrons. The first-order valence-electron chi connectivity index (χ1n) is 9.67. The van der Waals surface area contributed by atoms with Crippen molar-refractivity contribution in [2.45, 2.75) is 38.9 Å². The van der Waals surface area contributed by atoms with Crippen LogP contribution < -0.4 is 10.9 Å². The highest BCUT2D eigenvalue weighted by molar-refractivity contribution is 7.99. The smallest absolute Gasteiger partial charge is 0.263 e. The lowest BCUT2D eigenvalue weighted by Gasteiger charge is -2.12. The Morgan fingerprint density at radius 3 is 2.73 bits per heavy atom. The Bertz CT molecular complexity index is 1090. The van der Waals surface area contributed by atoms with E-state index in [-0.39, 0.29) is 23.0 Å². The van der Waals surface area contributed by atoms with Gasteiger partial charge in [-0.25, -0.2) is 9.37 Å². The molecule has 30 heavy (non-hydrogen) atoms. The SMILES string of the molecule is CCOCCCn1c(SCC(=O)Nc2ccc(F)cc2)nc2sc(C)c(C)c2c1=O. The molecule has 0 saturated heterocycles. The number of aromatic nitrogens is 2. The van der Waals surface area contributed by atoms with E-state index in [2.05, 4.69) is 10.3 Å². The maximum atomic E-state index is 13.2. The molecule has 0 aliphatic carbocycles. The van der Waals surface area contributed by atoms with Gasteiger partial charge in [0, 0.05) is 30.3 Å². The largest absolute Gasteiger partial charge is 0.382 e. The summed E-state index contributed by atoms with van der Waals surface area (Å²) >= 11 is 2.70. The monoisotopic (exact) mass is 449 g/mol. The summed E-state index contributed by atoms with van der Waals surface area (Å²) in [5.74, 6) is -0.526. The van der Waals surface area contributed by atoms with E-state index in [1.165, 1.54) is 47.4 Å². The quantitative estimate of drug-likeness (QED) is 0.298. The number of rotatable bonds is 9. The molecule has 0 atom stereocenters. The van der Waals surface area contributed by atoms with Gasteiger partial charge in [0.2, 0.25) is 5.91 Å². The van der Waals surface area contributed by atoms with Crippen molar-refractivity contribution < 1.29 is 13.9 Å². The number of anilines is 1. The number of halogens is 1. The molecular formula is C21H24FN3O3S2. The fraction of sp³-hybridized carbons (Fsp3) is 0.381. The summed E-state index contributed by atoms with van der Waals surface area (Å²) in [4.78, 5) is 31.9. The fourth-order valence-corrected chi connectivity index (χ4v) is 4.84. The number of nitrogens with one attached hydrogen (secondary N) is 1. The van der Waals surface area contributed by atoms with Crippen LogP contribution >= 0.6 is 23.1 Å². The van der Waals surface area contributed by atoms with Gasteiger partial charge in [-0.2, -0.15) is 0 Å². The van der Waals surface area contributed by atoms with E-state index in [1.54, 1.807) is 4.57 Å². The minimum Gasteiger partial charge on any atom is -0.382 e. The lowest BCUT2D eigenvalue weighted by molar-refractivity contribution is -0.113. The van der Waals surface area contributed by atoms with Gasteiger partial charge in [0.25, 0.3) is 5.56 Å². The molecule has 9 heteroatoms. The predicted molar refractivity (Wildman–Crippen MR) is 120 cm³/mol. The first-order chi connectivity index (χ1) is 14.4. The number of carbonyl (C=O) groups is 1. The van der Waals surface area contributed by atoms with Gasteiger partial charge >= 0.3 is 0 Å². The Balaban J connectivity index is 1.80. The van der Waals surface area contributed by atoms with E-state index in [4.69, 9.17) is 4.74 Å². The number of thiophene rings is 1. The van der Waals surface area contributed by atoms with Gasteiger partial charge in [-0.15, -0.1) is 11.3 Å². The zero-order chi connectivity index (χ0) is 21.7. The maximum Gasteiger partial charge on any atom is 0.263 e.